The van der Waals surface area contributed by atoms with Gasteiger partial charge in [0.1, 0.15) is 12.4 Å². The number of carbonyl (C=O) groups excluding carboxylic acids is 1. The summed E-state index contributed by atoms with van der Waals surface area (Å²) < 4.78 is 9.12. The normalized spacial score (nSPS) is 11.1. The zero-order chi connectivity index (χ0) is 11.6. The number of hydrogen-bond donors (Lipinski definition) is 0. The molecule has 0 amide bonds. The Morgan fingerprint density at radius 1 is 1.40 bits per heavy atom. The number of imidazole rings is 1. The number of ether oxygens (including phenoxy) is 1. The second-order valence-electron chi connectivity index (χ2n) is 4.18. The molecule has 1 heterocycles. The zero-order valence-corrected chi connectivity index (χ0v) is 10.0. The molecule has 0 aliphatic heterocycles. The van der Waals surface area contributed by atoms with Crippen molar-refractivity contribution in [2.75, 3.05) is 0 Å². The first kappa shape index (κ1) is 11.8. The maximum atomic E-state index is 11.0. The van der Waals surface area contributed by atoms with Gasteiger partial charge in [0.15, 0.2) is 0 Å². The van der Waals surface area contributed by atoms with E-state index in [1.165, 1.54) is 6.92 Å². The van der Waals surface area contributed by atoms with E-state index in [9.17, 15) is 4.79 Å². The van der Waals surface area contributed by atoms with Crippen LogP contribution in [0.5, 0.6) is 6.01 Å². The Bertz CT molecular complexity index is 328. The largest absolute Gasteiger partial charge is 0.464 e. The number of nitrogens with zero attached hydrogens (tertiary/aromatic N) is 2. The predicted octanol–water partition coefficient (Wildman–Crippen LogP) is 1.86. The third-order valence-corrected chi connectivity index (χ3v) is 2.18. The lowest BCUT2D eigenvalue weighted by Crippen LogP contribution is -2.37. The lowest BCUT2D eigenvalue weighted by Gasteiger charge is -2.07. The highest BCUT2D eigenvalue weighted by atomic mass is 16.6. The van der Waals surface area contributed by atoms with E-state index in [0.717, 1.165) is 0 Å². The Hall–Kier alpha value is -1.32. The van der Waals surface area contributed by atoms with E-state index in [1.54, 1.807) is 0 Å². The molecule has 0 aromatic carbocycles. The van der Waals surface area contributed by atoms with Crippen molar-refractivity contribution in [3.05, 3.63) is 12.4 Å². The second kappa shape index (κ2) is 4.47. The van der Waals surface area contributed by atoms with Crippen LogP contribution in [0.2, 0.25) is 0 Å². The third-order valence-electron chi connectivity index (χ3n) is 2.18. The summed E-state index contributed by atoms with van der Waals surface area (Å²) in [6.45, 7) is 9.63. The highest BCUT2D eigenvalue weighted by Crippen LogP contribution is 2.15. The Labute approximate surface area is 90.5 Å². The standard InChI is InChI=1S/C11H19N2O2/c1-8(2)12-6-7-13(9(3)4)11(12)15-10(5)14/h6-9H,1-5H3/q+1. The molecule has 84 valence electrons. The summed E-state index contributed by atoms with van der Waals surface area (Å²) in [5.41, 5.74) is 0. The Kier molecular flexibility index (Phi) is 3.50. The van der Waals surface area contributed by atoms with Crippen molar-refractivity contribution in [2.24, 2.45) is 0 Å². The topological polar surface area (TPSA) is 35.1 Å². The van der Waals surface area contributed by atoms with Gasteiger partial charge in [-0.15, -0.1) is 0 Å². The smallest absolute Gasteiger partial charge is 0.357 e. The van der Waals surface area contributed by atoms with E-state index in [1.807, 2.05) is 21.5 Å². The van der Waals surface area contributed by atoms with Crippen LogP contribution in [0.1, 0.15) is 46.7 Å². The molecule has 0 spiro atoms. The number of aromatic nitrogens is 2. The molecule has 0 bridgehead atoms. The van der Waals surface area contributed by atoms with Crippen LogP contribution in [-0.4, -0.2) is 10.5 Å². The molecule has 15 heavy (non-hydrogen) atoms. The van der Waals surface area contributed by atoms with Crippen LogP contribution >= 0.6 is 0 Å². The molecule has 0 fully saturated rings. The first-order valence-corrected chi connectivity index (χ1v) is 5.24. The van der Waals surface area contributed by atoms with Crippen molar-refractivity contribution in [1.29, 1.82) is 0 Å². The molecule has 0 N–H and O–H groups in total. The Balaban J connectivity index is 3.14. The van der Waals surface area contributed by atoms with Gasteiger partial charge >= 0.3 is 12.0 Å². The van der Waals surface area contributed by atoms with Crippen LogP contribution in [0.15, 0.2) is 12.4 Å². The summed E-state index contributed by atoms with van der Waals surface area (Å²) in [5, 5.41) is 0. The highest BCUT2D eigenvalue weighted by molar-refractivity contribution is 5.68. The van der Waals surface area contributed by atoms with Gasteiger partial charge in [-0.3, -0.25) is 4.79 Å². The summed E-state index contributed by atoms with van der Waals surface area (Å²) in [4.78, 5) is 11.0. The molecular formula is C11H19N2O2+. The lowest BCUT2D eigenvalue weighted by atomic mass is 10.4. The minimum absolute atomic E-state index is 0.277. The SMILES string of the molecule is CC(=O)Oc1n(C(C)C)cc[n+]1C(C)C. The fourth-order valence-corrected chi connectivity index (χ4v) is 1.42. The molecule has 0 atom stereocenters. The average Bonchev–Trinajstić information content (AvgIpc) is 2.46. The summed E-state index contributed by atoms with van der Waals surface area (Å²) >= 11 is 0. The molecule has 0 radical (unpaired) electrons. The number of rotatable bonds is 3. The van der Waals surface area contributed by atoms with Crippen molar-refractivity contribution < 1.29 is 14.1 Å². The average molecular weight is 211 g/mol. The van der Waals surface area contributed by atoms with Crippen LogP contribution in [0.25, 0.3) is 0 Å². The third kappa shape index (κ3) is 2.58. The van der Waals surface area contributed by atoms with Crippen LogP contribution < -0.4 is 9.30 Å². The van der Waals surface area contributed by atoms with Gasteiger partial charge in [0.05, 0.1) is 12.1 Å². The Morgan fingerprint density at radius 3 is 2.40 bits per heavy atom. The maximum Gasteiger partial charge on any atom is 0.464 e. The molecular weight excluding hydrogens is 192 g/mol. The van der Waals surface area contributed by atoms with E-state index in [2.05, 4.69) is 27.7 Å². The van der Waals surface area contributed by atoms with Crippen molar-refractivity contribution >= 4 is 5.97 Å². The van der Waals surface area contributed by atoms with E-state index in [-0.39, 0.29) is 18.1 Å². The van der Waals surface area contributed by atoms with Gasteiger partial charge in [0.25, 0.3) is 0 Å². The minimum atomic E-state index is -0.287. The van der Waals surface area contributed by atoms with E-state index in [4.69, 9.17) is 4.74 Å². The van der Waals surface area contributed by atoms with Gasteiger partial charge in [-0.2, -0.15) is 9.13 Å². The fourth-order valence-electron chi connectivity index (χ4n) is 1.42. The molecule has 0 unspecified atom stereocenters. The molecule has 4 heteroatoms. The van der Waals surface area contributed by atoms with Gasteiger partial charge in [-0.25, -0.2) is 0 Å². The van der Waals surface area contributed by atoms with Crippen molar-refractivity contribution in [3.63, 3.8) is 0 Å². The van der Waals surface area contributed by atoms with Crippen molar-refractivity contribution in [2.45, 2.75) is 46.7 Å². The summed E-state index contributed by atoms with van der Waals surface area (Å²) in [6.07, 6.45) is 3.87. The van der Waals surface area contributed by atoms with E-state index >= 15 is 0 Å². The van der Waals surface area contributed by atoms with Crippen LogP contribution in [0, 0.1) is 0 Å². The number of hydrogen-bond acceptors (Lipinski definition) is 2. The van der Waals surface area contributed by atoms with Gasteiger partial charge in [0.2, 0.25) is 0 Å². The molecule has 1 aromatic heterocycles. The van der Waals surface area contributed by atoms with Crippen LogP contribution in [0.3, 0.4) is 0 Å². The fraction of sp³-hybridized carbons (Fsp3) is 0.636. The number of carbonyl (C=O) groups is 1. The van der Waals surface area contributed by atoms with Gasteiger partial charge < -0.3 is 4.74 Å². The summed E-state index contributed by atoms with van der Waals surface area (Å²) in [7, 11) is 0. The van der Waals surface area contributed by atoms with E-state index in [0.29, 0.717) is 6.01 Å². The maximum absolute atomic E-state index is 11.0. The first-order valence-electron chi connectivity index (χ1n) is 5.24. The monoisotopic (exact) mass is 211 g/mol. The second-order valence-corrected chi connectivity index (χ2v) is 4.18. The summed E-state index contributed by atoms with van der Waals surface area (Å²) in [6, 6.07) is 1.16. The zero-order valence-electron chi connectivity index (χ0n) is 10.0. The molecule has 0 saturated heterocycles. The minimum Gasteiger partial charge on any atom is -0.357 e. The molecule has 0 saturated carbocycles. The molecule has 1 aromatic rings. The quantitative estimate of drug-likeness (QED) is 0.565. The number of esters is 1. The van der Waals surface area contributed by atoms with E-state index < -0.39 is 0 Å². The van der Waals surface area contributed by atoms with Crippen molar-refractivity contribution in [1.82, 2.24) is 4.57 Å². The molecule has 4 nitrogen and oxygen atoms in total. The van der Waals surface area contributed by atoms with Gasteiger partial charge in [-0.05, 0) is 27.7 Å². The molecule has 1 rings (SSSR count). The first-order chi connectivity index (χ1) is 6.93. The van der Waals surface area contributed by atoms with Crippen molar-refractivity contribution in [3.8, 4) is 6.01 Å². The van der Waals surface area contributed by atoms with Crippen LogP contribution in [-0.2, 0) is 4.79 Å². The highest BCUT2D eigenvalue weighted by Gasteiger charge is 2.24. The predicted molar refractivity (Wildman–Crippen MR) is 56.7 cm³/mol. The van der Waals surface area contributed by atoms with Gasteiger partial charge in [-0.1, -0.05) is 0 Å². The summed E-state index contributed by atoms with van der Waals surface area (Å²) in [5.74, 6) is -0.287. The Morgan fingerprint density at radius 2 is 2.00 bits per heavy atom. The van der Waals surface area contributed by atoms with Crippen LogP contribution in [0.4, 0.5) is 0 Å². The molecule has 0 aliphatic rings. The molecule has 0 aliphatic carbocycles. The van der Waals surface area contributed by atoms with Gasteiger partial charge in [0, 0.05) is 6.92 Å². The lowest BCUT2D eigenvalue weighted by molar-refractivity contribution is -0.718.